The highest BCUT2D eigenvalue weighted by molar-refractivity contribution is 5.42. The molecule has 1 fully saturated rings. The first-order chi connectivity index (χ1) is 12.0. The van der Waals surface area contributed by atoms with Crippen molar-refractivity contribution in [1.29, 1.82) is 0 Å². The van der Waals surface area contributed by atoms with E-state index in [-0.39, 0.29) is 18.2 Å². The molecule has 3 heterocycles. The van der Waals surface area contributed by atoms with Crippen molar-refractivity contribution in [3.8, 4) is 0 Å². The first kappa shape index (κ1) is 17.5. The quantitative estimate of drug-likeness (QED) is 0.823. The molecule has 0 aliphatic carbocycles. The van der Waals surface area contributed by atoms with Crippen LogP contribution in [0.3, 0.4) is 0 Å². The Morgan fingerprint density at radius 3 is 2.60 bits per heavy atom. The molecule has 6 nitrogen and oxygen atoms in total. The predicted molar refractivity (Wildman–Crippen MR) is 92.6 cm³/mol. The number of likely N-dealkylation sites (tertiary alicyclic amines) is 1. The number of rotatable bonds is 5. The van der Waals surface area contributed by atoms with Crippen molar-refractivity contribution >= 4 is 11.8 Å². The average Bonchev–Trinajstić information content (AvgIpc) is 3.06. The van der Waals surface area contributed by atoms with E-state index in [9.17, 15) is 8.78 Å². The normalized spacial score (nSPS) is 17.7. The van der Waals surface area contributed by atoms with Crippen LogP contribution in [0.4, 0.5) is 20.5 Å². The second-order valence-corrected chi connectivity index (χ2v) is 6.48. The van der Waals surface area contributed by atoms with Crippen LogP contribution in [0.5, 0.6) is 0 Å². The lowest BCUT2D eigenvalue weighted by Crippen LogP contribution is -2.35. The smallest absolute Gasteiger partial charge is 0.227 e. The van der Waals surface area contributed by atoms with Crippen LogP contribution in [0.1, 0.15) is 12.0 Å². The summed E-state index contributed by atoms with van der Waals surface area (Å²) in [5.74, 6) is 0.296. The Balaban J connectivity index is 1.67. The van der Waals surface area contributed by atoms with Crippen molar-refractivity contribution in [2.75, 3.05) is 44.0 Å². The zero-order valence-corrected chi connectivity index (χ0v) is 14.7. The Bertz CT molecular complexity index is 719. The van der Waals surface area contributed by atoms with Gasteiger partial charge in [0.25, 0.3) is 0 Å². The van der Waals surface area contributed by atoms with Crippen LogP contribution >= 0.6 is 0 Å². The molecule has 0 aromatic carbocycles. The largest absolute Gasteiger partial charge is 0.363 e. The Morgan fingerprint density at radius 2 is 1.92 bits per heavy atom. The van der Waals surface area contributed by atoms with Crippen LogP contribution in [-0.2, 0) is 6.54 Å². The Morgan fingerprint density at radius 1 is 1.20 bits per heavy atom. The Labute approximate surface area is 146 Å². The van der Waals surface area contributed by atoms with Gasteiger partial charge >= 0.3 is 0 Å². The third-order valence-electron chi connectivity index (χ3n) is 4.53. The molecule has 1 unspecified atom stereocenters. The van der Waals surface area contributed by atoms with Crippen molar-refractivity contribution in [2.24, 2.45) is 0 Å². The molecule has 3 rings (SSSR count). The number of halogens is 2. The maximum Gasteiger partial charge on any atom is 0.227 e. The number of likely N-dealkylation sites (N-methyl/N-ethyl adjacent to an activating group) is 1. The van der Waals surface area contributed by atoms with E-state index in [1.54, 1.807) is 6.20 Å². The summed E-state index contributed by atoms with van der Waals surface area (Å²) in [6, 6.07) is 2.05. The molecule has 1 saturated heterocycles. The maximum absolute atomic E-state index is 13.8. The van der Waals surface area contributed by atoms with E-state index in [2.05, 4.69) is 15.0 Å². The standard InChI is InChI=1S/C17H22F2N6/c1-23(2)16-4-6-21-17(22-16)24(3)12-5-7-25(10-12)11-13-14(18)8-20-9-15(13)19/h4,6,8-9,12H,5,7,10-11H2,1-3H3. The van der Waals surface area contributed by atoms with Crippen LogP contribution in [0.2, 0.25) is 0 Å². The number of pyridine rings is 1. The molecular weight excluding hydrogens is 326 g/mol. The molecule has 25 heavy (non-hydrogen) atoms. The van der Waals surface area contributed by atoms with Crippen LogP contribution < -0.4 is 9.80 Å². The summed E-state index contributed by atoms with van der Waals surface area (Å²) >= 11 is 0. The van der Waals surface area contributed by atoms with Crippen molar-refractivity contribution in [3.05, 3.63) is 41.9 Å². The van der Waals surface area contributed by atoms with Gasteiger partial charge in [-0.25, -0.2) is 13.8 Å². The van der Waals surface area contributed by atoms with Crippen LogP contribution in [0.25, 0.3) is 0 Å². The fourth-order valence-corrected chi connectivity index (χ4v) is 3.01. The lowest BCUT2D eigenvalue weighted by atomic mass is 10.2. The van der Waals surface area contributed by atoms with Gasteiger partial charge in [-0.3, -0.25) is 9.88 Å². The van der Waals surface area contributed by atoms with E-state index in [0.717, 1.165) is 31.2 Å². The highest BCUT2D eigenvalue weighted by atomic mass is 19.1. The summed E-state index contributed by atoms with van der Waals surface area (Å²) in [6.07, 6.45) is 4.74. The van der Waals surface area contributed by atoms with Gasteiger partial charge in [-0.1, -0.05) is 0 Å². The average molecular weight is 348 g/mol. The third-order valence-corrected chi connectivity index (χ3v) is 4.53. The third kappa shape index (κ3) is 3.84. The van der Waals surface area contributed by atoms with Gasteiger partial charge in [0.2, 0.25) is 5.95 Å². The molecule has 0 radical (unpaired) electrons. The molecular formula is C17H22F2N6. The summed E-state index contributed by atoms with van der Waals surface area (Å²) in [5, 5.41) is 0. The molecule has 1 aliphatic heterocycles. The van der Waals surface area contributed by atoms with Gasteiger partial charge in [-0.2, -0.15) is 4.98 Å². The van der Waals surface area contributed by atoms with E-state index in [0.29, 0.717) is 12.5 Å². The van der Waals surface area contributed by atoms with Gasteiger partial charge in [0, 0.05) is 58.6 Å². The number of anilines is 2. The van der Waals surface area contributed by atoms with Gasteiger partial charge in [0.05, 0.1) is 12.4 Å². The number of aromatic nitrogens is 3. The molecule has 2 aromatic rings. The molecule has 0 amide bonds. The van der Waals surface area contributed by atoms with Gasteiger partial charge in [-0.15, -0.1) is 0 Å². The minimum absolute atomic E-state index is 0.0733. The SMILES string of the molecule is CN(C)c1ccnc(N(C)C2CCN(Cc3c(F)cncc3F)C2)n1. The highest BCUT2D eigenvalue weighted by Gasteiger charge is 2.28. The molecule has 2 aromatic heterocycles. The first-order valence-corrected chi connectivity index (χ1v) is 8.19. The summed E-state index contributed by atoms with van der Waals surface area (Å²) in [6.45, 7) is 1.71. The minimum Gasteiger partial charge on any atom is -0.363 e. The van der Waals surface area contributed by atoms with Gasteiger partial charge in [0.15, 0.2) is 0 Å². The van der Waals surface area contributed by atoms with Crippen LogP contribution in [-0.4, -0.2) is 60.1 Å². The van der Waals surface area contributed by atoms with Gasteiger partial charge in [-0.05, 0) is 12.5 Å². The molecule has 0 N–H and O–H groups in total. The number of hydrogen-bond donors (Lipinski definition) is 0. The zero-order chi connectivity index (χ0) is 18.0. The fourth-order valence-electron chi connectivity index (χ4n) is 3.01. The van der Waals surface area contributed by atoms with Crippen LogP contribution in [0, 0.1) is 11.6 Å². The summed E-state index contributed by atoms with van der Waals surface area (Å²) < 4.78 is 27.6. The zero-order valence-electron chi connectivity index (χ0n) is 14.7. The molecule has 0 saturated carbocycles. The topological polar surface area (TPSA) is 48.4 Å². The Hall–Kier alpha value is -2.35. The number of nitrogens with zero attached hydrogens (tertiary/aromatic N) is 6. The molecule has 8 heteroatoms. The van der Waals surface area contributed by atoms with E-state index in [4.69, 9.17) is 0 Å². The van der Waals surface area contributed by atoms with Crippen LogP contribution in [0.15, 0.2) is 24.7 Å². The highest BCUT2D eigenvalue weighted by Crippen LogP contribution is 2.22. The van der Waals surface area contributed by atoms with E-state index in [1.807, 2.05) is 41.9 Å². The molecule has 1 aliphatic rings. The minimum atomic E-state index is -0.598. The summed E-state index contributed by atoms with van der Waals surface area (Å²) in [7, 11) is 5.82. The lowest BCUT2D eigenvalue weighted by molar-refractivity contribution is 0.312. The molecule has 0 bridgehead atoms. The first-order valence-electron chi connectivity index (χ1n) is 8.19. The van der Waals surface area contributed by atoms with Crippen molar-refractivity contribution in [2.45, 2.75) is 19.0 Å². The second-order valence-electron chi connectivity index (χ2n) is 6.48. The van der Waals surface area contributed by atoms with E-state index >= 15 is 0 Å². The Kier molecular flexibility index (Phi) is 5.08. The lowest BCUT2D eigenvalue weighted by Gasteiger charge is -2.25. The van der Waals surface area contributed by atoms with E-state index in [1.165, 1.54) is 0 Å². The predicted octanol–water partition coefficient (Wildman–Crippen LogP) is 1.93. The molecule has 0 spiro atoms. The molecule has 134 valence electrons. The van der Waals surface area contributed by atoms with E-state index < -0.39 is 11.6 Å². The summed E-state index contributed by atoms with van der Waals surface area (Å²) in [4.78, 5) is 18.4. The van der Waals surface area contributed by atoms with Gasteiger partial charge < -0.3 is 9.80 Å². The van der Waals surface area contributed by atoms with Crippen molar-refractivity contribution < 1.29 is 8.78 Å². The van der Waals surface area contributed by atoms with Gasteiger partial charge in [0.1, 0.15) is 17.5 Å². The fraction of sp³-hybridized carbons (Fsp3) is 0.471. The van der Waals surface area contributed by atoms with Crippen molar-refractivity contribution in [1.82, 2.24) is 19.9 Å². The maximum atomic E-state index is 13.8. The summed E-state index contributed by atoms with van der Waals surface area (Å²) in [5.41, 5.74) is 0.0733. The number of hydrogen-bond acceptors (Lipinski definition) is 6. The molecule has 1 atom stereocenters. The monoisotopic (exact) mass is 348 g/mol. The van der Waals surface area contributed by atoms with Crippen molar-refractivity contribution in [3.63, 3.8) is 0 Å². The second kappa shape index (κ2) is 7.26.